The van der Waals surface area contributed by atoms with Gasteiger partial charge in [-0.2, -0.15) is 13.2 Å². The van der Waals surface area contributed by atoms with Gasteiger partial charge in [-0.3, -0.25) is 13.9 Å². The van der Waals surface area contributed by atoms with Crippen LogP contribution in [0.15, 0.2) is 34.0 Å². The standard InChI is InChI=1S/C25H27F3N4O5/c1-29-11-12-30(23(29)36)14-5-7-15(8-6-14)31-13-18(22(34)35)21(33)32(24(31)37)20-10-9-16-17(20)3-2-4-19(16)25(26,27)28/h2-4,13-15,20H,5-12H2,1H3,(H,34,35)/t14?,15?,20-/m1/s1. The highest BCUT2D eigenvalue weighted by Gasteiger charge is 2.39. The first-order valence-corrected chi connectivity index (χ1v) is 12.3. The van der Waals surface area contributed by atoms with Crippen molar-refractivity contribution in [1.82, 2.24) is 18.9 Å². The summed E-state index contributed by atoms with van der Waals surface area (Å²) in [5, 5.41) is 9.71. The molecule has 198 valence electrons. The minimum atomic E-state index is -4.58. The predicted molar refractivity (Wildman–Crippen MR) is 126 cm³/mol. The third-order valence-corrected chi connectivity index (χ3v) is 7.98. The summed E-state index contributed by atoms with van der Waals surface area (Å²) < 4.78 is 42.7. The van der Waals surface area contributed by atoms with Crippen LogP contribution in [0.25, 0.3) is 0 Å². The van der Waals surface area contributed by atoms with Crippen LogP contribution in [0.3, 0.4) is 0 Å². The predicted octanol–water partition coefficient (Wildman–Crippen LogP) is 3.11. The number of urea groups is 1. The van der Waals surface area contributed by atoms with Crippen molar-refractivity contribution in [3.8, 4) is 0 Å². The minimum Gasteiger partial charge on any atom is -0.477 e. The zero-order chi connectivity index (χ0) is 26.6. The number of likely N-dealkylation sites (N-methyl/N-ethyl adjacent to an activating group) is 1. The van der Waals surface area contributed by atoms with E-state index in [4.69, 9.17) is 0 Å². The quantitative estimate of drug-likeness (QED) is 0.667. The molecule has 0 unspecified atom stereocenters. The SMILES string of the molecule is CN1CCN(C2CCC(n3cc(C(=O)O)c(=O)n([C@@H]4CCc5c4cccc5C(F)(F)F)c3=O)CC2)C1=O. The number of carbonyl (C=O) groups is 2. The average Bonchev–Trinajstić information content (AvgIpc) is 3.42. The maximum atomic E-state index is 13.6. The van der Waals surface area contributed by atoms with Gasteiger partial charge in [-0.15, -0.1) is 0 Å². The highest BCUT2D eigenvalue weighted by molar-refractivity contribution is 5.86. The van der Waals surface area contributed by atoms with E-state index in [-0.39, 0.29) is 36.0 Å². The third kappa shape index (κ3) is 4.21. The number of carboxylic acids is 1. The van der Waals surface area contributed by atoms with Crippen molar-refractivity contribution in [2.45, 2.75) is 62.8 Å². The minimum absolute atomic E-state index is 0.0109. The average molecular weight is 521 g/mol. The number of rotatable bonds is 4. The number of carbonyl (C=O) groups excluding carboxylic acids is 1. The molecular weight excluding hydrogens is 493 g/mol. The van der Waals surface area contributed by atoms with Crippen LogP contribution in [0.1, 0.15) is 71.2 Å². The molecule has 9 nitrogen and oxygen atoms in total. The summed E-state index contributed by atoms with van der Waals surface area (Å²) in [5.74, 6) is -1.51. The Bertz CT molecular complexity index is 1370. The Kier molecular flexibility index (Phi) is 6.15. The number of amides is 2. The van der Waals surface area contributed by atoms with Gasteiger partial charge in [0.05, 0.1) is 11.6 Å². The monoisotopic (exact) mass is 520 g/mol. The van der Waals surface area contributed by atoms with Crippen molar-refractivity contribution in [1.29, 1.82) is 0 Å². The van der Waals surface area contributed by atoms with Crippen LogP contribution in [0.5, 0.6) is 0 Å². The molecule has 1 N–H and O–H groups in total. The zero-order valence-electron chi connectivity index (χ0n) is 20.2. The van der Waals surface area contributed by atoms with E-state index in [2.05, 4.69) is 0 Å². The summed E-state index contributed by atoms with van der Waals surface area (Å²) in [5.41, 5.74) is -2.92. The first kappa shape index (κ1) is 25.1. The first-order chi connectivity index (χ1) is 17.5. The second-order valence-electron chi connectivity index (χ2n) is 10.00. The number of aromatic nitrogens is 2. The topological polar surface area (TPSA) is 105 Å². The number of benzene rings is 1. The molecule has 2 amide bonds. The molecule has 2 aliphatic carbocycles. The molecule has 37 heavy (non-hydrogen) atoms. The smallest absolute Gasteiger partial charge is 0.416 e. The van der Waals surface area contributed by atoms with E-state index in [1.165, 1.54) is 16.7 Å². The van der Waals surface area contributed by atoms with Crippen LogP contribution in [0.4, 0.5) is 18.0 Å². The molecule has 3 aliphatic rings. The van der Waals surface area contributed by atoms with Crippen molar-refractivity contribution >= 4 is 12.0 Å². The van der Waals surface area contributed by atoms with Crippen molar-refractivity contribution in [2.75, 3.05) is 20.1 Å². The lowest BCUT2D eigenvalue weighted by molar-refractivity contribution is -0.138. The Balaban J connectivity index is 1.51. The van der Waals surface area contributed by atoms with E-state index in [0.29, 0.717) is 38.8 Å². The fraction of sp³-hybridized carbons (Fsp3) is 0.520. The maximum absolute atomic E-state index is 13.6. The van der Waals surface area contributed by atoms with Crippen molar-refractivity contribution in [2.24, 2.45) is 0 Å². The molecule has 1 aromatic heterocycles. The van der Waals surface area contributed by atoms with Crippen LogP contribution in [0.2, 0.25) is 0 Å². The molecule has 0 spiro atoms. The fourth-order valence-electron chi connectivity index (χ4n) is 6.10. The lowest BCUT2D eigenvalue weighted by Crippen LogP contribution is -2.47. The Labute approximate surface area is 209 Å². The van der Waals surface area contributed by atoms with Crippen LogP contribution >= 0.6 is 0 Å². The Morgan fingerprint density at radius 1 is 1.00 bits per heavy atom. The van der Waals surface area contributed by atoms with E-state index in [1.807, 2.05) is 4.90 Å². The first-order valence-electron chi connectivity index (χ1n) is 12.3. The van der Waals surface area contributed by atoms with E-state index < -0.39 is 46.6 Å². The van der Waals surface area contributed by atoms with Crippen LogP contribution in [-0.4, -0.2) is 62.2 Å². The van der Waals surface area contributed by atoms with E-state index in [0.717, 1.165) is 16.8 Å². The summed E-state index contributed by atoms with van der Waals surface area (Å²) >= 11 is 0. The summed E-state index contributed by atoms with van der Waals surface area (Å²) in [4.78, 5) is 54.5. The fourth-order valence-corrected chi connectivity index (χ4v) is 6.10. The number of halogens is 3. The number of nitrogens with zero attached hydrogens (tertiary/aromatic N) is 4. The molecular formula is C25H27F3N4O5. The number of aromatic carboxylic acids is 1. The molecule has 1 saturated carbocycles. The van der Waals surface area contributed by atoms with Gasteiger partial charge in [-0.05, 0) is 55.7 Å². The number of hydrogen-bond acceptors (Lipinski definition) is 4. The molecule has 2 aromatic rings. The van der Waals surface area contributed by atoms with Gasteiger partial charge in [-0.25, -0.2) is 14.4 Å². The Hall–Kier alpha value is -3.57. The molecule has 2 fully saturated rings. The van der Waals surface area contributed by atoms with Crippen molar-refractivity contribution < 1.29 is 27.9 Å². The Morgan fingerprint density at radius 2 is 1.68 bits per heavy atom. The van der Waals surface area contributed by atoms with Gasteiger partial charge >= 0.3 is 23.9 Å². The molecule has 0 radical (unpaired) electrons. The van der Waals surface area contributed by atoms with E-state index >= 15 is 0 Å². The van der Waals surface area contributed by atoms with Gasteiger partial charge in [0, 0.05) is 38.4 Å². The van der Waals surface area contributed by atoms with Crippen molar-refractivity contribution in [3.63, 3.8) is 0 Å². The lowest BCUT2D eigenvalue weighted by atomic mass is 9.90. The van der Waals surface area contributed by atoms with Gasteiger partial charge in [0.25, 0.3) is 5.56 Å². The normalized spacial score (nSPS) is 24.0. The number of carboxylic acid groups (broad SMARTS) is 1. The summed E-state index contributed by atoms with van der Waals surface area (Å²) in [6.45, 7) is 1.27. The van der Waals surface area contributed by atoms with Gasteiger partial charge in [0.15, 0.2) is 0 Å². The van der Waals surface area contributed by atoms with Gasteiger partial charge in [-0.1, -0.05) is 12.1 Å². The lowest BCUT2D eigenvalue weighted by Gasteiger charge is -2.35. The second kappa shape index (κ2) is 9.07. The molecule has 1 atom stereocenters. The maximum Gasteiger partial charge on any atom is 0.416 e. The van der Waals surface area contributed by atoms with Gasteiger partial charge < -0.3 is 14.9 Å². The van der Waals surface area contributed by atoms with E-state index in [1.54, 1.807) is 11.9 Å². The molecule has 12 heteroatoms. The summed E-state index contributed by atoms with van der Waals surface area (Å²) in [6, 6.07) is 2.25. The van der Waals surface area contributed by atoms with Gasteiger partial charge in [0.2, 0.25) is 0 Å². The van der Waals surface area contributed by atoms with Crippen LogP contribution in [-0.2, 0) is 12.6 Å². The van der Waals surface area contributed by atoms with Crippen LogP contribution in [0, 0.1) is 0 Å². The highest BCUT2D eigenvalue weighted by Crippen LogP contribution is 2.41. The molecule has 5 rings (SSSR count). The van der Waals surface area contributed by atoms with Gasteiger partial charge in [0.1, 0.15) is 5.56 Å². The highest BCUT2D eigenvalue weighted by atomic mass is 19.4. The number of fused-ring (bicyclic) bond motifs is 1. The summed E-state index contributed by atoms with van der Waals surface area (Å²) in [6.07, 6.45) is -1.22. The summed E-state index contributed by atoms with van der Waals surface area (Å²) in [7, 11) is 1.74. The molecule has 2 heterocycles. The van der Waals surface area contributed by atoms with Crippen LogP contribution < -0.4 is 11.2 Å². The Morgan fingerprint density at radius 3 is 2.27 bits per heavy atom. The largest absolute Gasteiger partial charge is 0.477 e. The number of hydrogen-bond donors (Lipinski definition) is 1. The molecule has 1 aromatic carbocycles. The molecule has 0 bridgehead atoms. The molecule has 1 saturated heterocycles. The number of alkyl halides is 3. The molecule has 1 aliphatic heterocycles. The third-order valence-electron chi connectivity index (χ3n) is 7.98. The van der Waals surface area contributed by atoms with E-state index in [9.17, 15) is 37.5 Å². The zero-order valence-corrected chi connectivity index (χ0v) is 20.2. The van der Waals surface area contributed by atoms with Crippen molar-refractivity contribution in [3.05, 3.63) is 67.5 Å². The second-order valence-corrected chi connectivity index (χ2v) is 10.00.